The lowest BCUT2D eigenvalue weighted by atomic mass is 10.0. The van der Waals surface area contributed by atoms with E-state index in [1.54, 1.807) is 6.92 Å². The molecule has 0 saturated carbocycles. The zero-order chi connectivity index (χ0) is 10.2. The van der Waals surface area contributed by atoms with E-state index >= 15 is 0 Å². The van der Waals surface area contributed by atoms with Crippen LogP contribution < -0.4 is 5.32 Å². The molecule has 0 aliphatic carbocycles. The average Bonchev–Trinajstić information content (AvgIpc) is 2.74. The summed E-state index contributed by atoms with van der Waals surface area (Å²) in [5.41, 5.74) is -2.10. The molecule has 0 radical (unpaired) electrons. The van der Waals surface area contributed by atoms with Crippen LogP contribution in [0.25, 0.3) is 0 Å². The Morgan fingerprint density at radius 3 is 2.93 bits per heavy atom. The van der Waals surface area contributed by atoms with Gasteiger partial charge in [0.1, 0.15) is 6.61 Å². The lowest BCUT2D eigenvalue weighted by molar-refractivity contribution is -0.161. The summed E-state index contributed by atoms with van der Waals surface area (Å²) in [5, 5.41) is 13.4. The van der Waals surface area contributed by atoms with Crippen molar-refractivity contribution in [2.45, 2.75) is 31.7 Å². The molecule has 0 spiro atoms. The van der Waals surface area contributed by atoms with Gasteiger partial charge in [-0.15, -0.1) is 0 Å². The van der Waals surface area contributed by atoms with E-state index in [0.717, 1.165) is 6.54 Å². The van der Waals surface area contributed by atoms with E-state index in [0.29, 0.717) is 18.9 Å². The minimum atomic E-state index is -1.28. The van der Waals surface area contributed by atoms with Gasteiger partial charge in [0.2, 0.25) is 5.72 Å². The summed E-state index contributed by atoms with van der Waals surface area (Å²) in [6.07, 6.45) is 0.693. The van der Waals surface area contributed by atoms with Gasteiger partial charge < -0.3 is 14.6 Å². The maximum absolute atomic E-state index is 10.3. The van der Waals surface area contributed by atoms with E-state index in [-0.39, 0.29) is 6.61 Å². The van der Waals surface area contributed by atoms with E-state index in [2.05, 4.69) is 10.3 Å². The van der Waals surface area contributed by atoms with Crippen LogP contribution in [0.1, 0.15) is 20.3 Å². The molecular weight excluding hydrogens is 184 g/mol. The van der Waals surface area contributed by atoms with E-state index in [1.807, 2.05) is 6.92 Å². The van der Waals surface area contributed by atoms with Gasteiger partial charge in [-0.25, -0.2) is 4.99 Å². The zero-order valence-corrected chi connectivity index (χ0v) is 8.54. The molecule has 0 amide bonds. The first-order valence-electron chi connectivity index (χ1n) is 4.92. The monoisotopic (exact) mass is 200 g/mol. The van der Waals surface area contributed by atoms with Gasteiger partial charge in [-0.2, -0.15) is 0 Å². The Labute approximate surface area is 83.1 Å². The third-order valence-electron chi connectivity index (χ3n) is 2.77. The van der Waals surface area contributed by atoms with Gasteiger partial charge in [-0.05, 0) is 6.92 Å². The molecule has 2 atom stereocenters. The normalized spacial score (nSPS) is 42.4. The van der Waals surface area contributed by atoms with E-state index < -0.39 is 11.4 Å². The average molecular weight is 200 g/mol. The van der Waals surface area contributed by atoms with Crippen molar-refractivity contribution in [3.8, 4) is 0 Å². The van der Waals surface area contributed by atoms with Crippen LogP contribution in [0.2, 0.25) is 0 Å². The fourth-order valence-electron chi connectivity index (χ4n) is 1.73. The SMILES string of the molecule is CCC1=NC(O)(C2(C)NCCO2)CO1. The predicted octanol–water partition coefficient (Wildman–Crippen LogP) is -0.150. The number of rotatable bonds is 2. The van der Waals surface area contributed by atoms with E-state index in [9.17, 15) is 5.11 Å². The molecule has 2 N–H and O–H groups in total. The molecule has 14 heavy (non-hydrogen) atoms. The first kappa shape index (κ1) is 9.89. The smallest absolute Gasteiger partial charge is 0.236 e. The Morgan fingerprint density at radius 2 is 2.43 bits per heavy atom. The molecule has 0 aromatic rings. The Morgan fingerprint density at radius 1 is 1.64 bits per heavy atom. The molecule has 0 aromatic heterocycles. The van der Waals surface area contributed by atoms with E-state index in [1.165, 1.54) is 0 Å². The number of hydrogen-bond donors (Lipinski definition) is 2. The standard InChI is InChI=1S/C9H16N2O3/c1-3-7-11-9(12,6-13-7)8(2)10-4-5-14-8/h10,12H,3-6H2,1-2H3. The fraction of sp³-hybridized carbons (Fsp3) is 0.889. The van der Waals surface area contributed by atoms with Gasteiger partial charge in [0.25, 0.3) is 0 Å². The second kappa shape index (κ2) is 3.18. The second-order valence-corrected chi connectivity index (χ2v) is 3.77. The summed E-state index contributed by atoms with van der Waals surface area (Å²) in [5.74, 6) is 0.589. The number of aliphatic imine (C=N–C) groups is 1. The fourth-order valence-corrected chi connectivity index (χ4v) is 1.73. The molecule has 1 saturated heterocycles. The minimum Gasteiger partial charge on any atom is -0.476 e. The second-order valence-electron chi connectivity index (χ2n) is 3.77. The summed E-state index contributed by atoms with van der Waals surface area (Å²) in [6, 6.07) is 0. The molecule has 1 fully saturated rings. The van der Waals surface area contributed by atoms with Crippen LogP contribution in [-0.2, 0) is 9.47 Å². The van der Waals surface area contributed by atoms with Gasteiger partial charge in [-0.3, -0.25) is 5.32 Å². The largest absolute Gasteiger partial charge is 0.476 e. The number of hydrogen-bond acceptors (Lipinski definition) is 5. The zero-order valence-electron chi connectivity index (χ0n) is 8.54. The minimum absolute atomic E-state index is 0.166. The van der Waals surface area contributed by atoms with Gasteiger partial charge in [-0.1, -0.05) is 6.92 Å². The summed E-state index contributed by atoms with van der Waals surface area (Å²) in [6.45, 7) is 5.23. The number of nitrogens with zero attached hydrogens (tertiary/aromatic N) is 1. The molecular formula is C9H16N2O3. The lowest BCUT2D eigenvalue weighted by Crippen LogP contribution is -2.59. The molecule has 2 rings (SSSR count). The molecule has 2 aliphatic heterocycles. The van der Waals surface area contributed by atoms with Crippen molar-refractivity contribution in [1.29, 1.82) is 0 Å². The lowest BCUT2D eigenvalue weighted by Gasteiger charge is -2.34. The molecule has 80 valence electrons. The van der Waals surface area contributed by atoms with Crippen molar-refractivity contribution in [2.75, 3.05) is 19.8 Å². The maximum Gasteiger partial charge on any atom is 0.236 e. The van der Waals surface area contributed by atoms with Crippen molar-refractivity contribution in [2.24, 2.45) is 4.99 Å². The van der Waals surface area contributed by atoms with Crippen LogP contribution in [0.5, 0.6) is 0 Å². The first-order valence-corrected chi connectivity index (χ1v) is 4.92. The molecule has 0 bridgehead atoms. The predicted molar refractivity (Wildman–Crippen MR) is 51.0 cm³/mol. The van der Waals surface area contributed by atoms with Crippen LogP contribution in [-0.4, -0.2) is 42.2 Å². The molecule has 0 aromatic carbocycles. The van der Waals surface area contributed by atoms with Crippen LogP contribution in [0.3, 0.4) is 0 Å². The topological polar surface area (TPSA) is 63.1 Å². The number of ether oxygens (including phenoxy) is 2. The molecule has 2 unspecified atom stereocenters. The third kappa shape index (κ3) is 1.32. The molecule has 5 heteroatoms. The Kier molecular flexibility index (Phi) is 2.25. The maximum atomic E-state index is 10.3. The molecule has 2 aliphatic rings. The van der Waals surface area contributed by atoms with Gasteiger partial charge in [0, 0.05) is 13.0 Å². The quantitative estimate of drug-likeness (QED) is 0.650. The Bertz CT molecular complexity index is 261. The highest BCUT2D eigenvalue weighted by Crippen LogP contribution is 2.32. The molecule has 2 heterocycles. The highest BCUT2D eigenvalue weighted by molar-refractivity contribution is 5.77. The third-order valence-corrected chi connectivity index (χ3v) is 2.77. The van der Waals surface area contributed by atoms with Crippen molar-refractivity contribution >= 4 is 5.90 Å². The summed E-state index contributed by atoms with van der Waals surface area (Å²) in [4.78, 5) is 4.15. The highest BCUT2D eigenvalue weighted by atomic mass is 16.6. The van der Waals surface area contributed by atoms with E-state index in [4.69, 9.17) is 9.47 Å². The van der Waals surface area contributed by atoms with Gasteiger partial charge >= 0.3 is 0 Å². The van der Waals surface area contributed by atoms with Gasteiger partial charge in [0.05, 0.1) is 6.61 Å². The Balaban J connectivity index is 2.20. The van der Waals surface area contributed by atoms with Gasteiger partial charge in [0.15, 0.2) is 11.6 Å². The van der Waals surface area contributed by atoms with Crippen LogP contribution in [0.15, 0.2) is 4.99 Å². The summed E-state index contributed by atoms with van der Waals surface area (Å²) in [7, 11) is 0. The van der Waals surface area contributed by atoms with Crippen molar-refractivity contribution in [1.82, 2.24) is 5.32 Å². The van der Waals surface area contributed by atoms with Crippen molar-refractivity contribution in [3.63, 3.8) is 0 Å². The number of aliphatic hydroxyl groups is 1. The Hall–Kier alpha value is -0.650. The summed E-state index contributed by atoms with van der Waals surface area (Å²) < 4.78 is 10.7. The van der Waals surface area contributed by atoms with Crippen LogP contribution >= 0.6 is 0 Å². The highest BCUT2D eigenvalue weighted by Gasteiger charge is 2.53. The van der Waals surface area contributed by atoms with Crippen molar-refractivity contribution in [3.05, 3.63) is 0 Å². The molecule has 5 nitrogen and oxygen atoms in total. The van der Waals surface area contributed by atoms with Crippen LogP contribution in [0.4, 0.5) is 0 Å². The first-order chi connectivity index (χ1) is 6.60. The van der Waals surface area contributed by atoms with Crippen LogP contribution in [0, 0.1) is 0 Å². The summed E-state index contributed by atoms with van der Waals surface area (Å²) >= 11 is 0. The number of nitrogens with one attached hydrogen (secondary N) is 1. The van der Waals surface area contributed by atoms with Crippen molar-refractivity contribution < 1.29 is 14.6 Å².